The van der Waals surface area contributed by atoms with Gasteiger partial charge in [0.05, 0.1) is 24.8 Å². The van der Waals surface area contributed by atoms with E-state index in [1.54, 1.807) is 0 Å². The molecule has 0 spiro atoms. The van der Waals surface area contributed by atoms with Gasteiger partial charge in [-0.25, -0.2) is 4.99 Å². The predicted molar refractivity (Wildman–Crippen MR) is 109 cm³/mol. The highest BCUT2D eigenvalue weighted by atomic mass is 127. The topological polar surface area (TPSA) is 54.9 Å². The van der Waals surface area contributed by atoms with E-state index < -0.39 is 11.7 Å². The van der Waals surface area contributed by atoms with Crippen molar-refractivity contribution in [3.8, 4) is 0 Å². The van der Waals surface area contributed by atoms with Crippen molar-refractivity contribution in [3.05, 3.63) is 35.4 Å². The van der Waals surface area contributed by atoms with Gasteiger partial charge in [0, 0.05) is 26.3 Å². The molecule has 0 amide bonds. The van der Waals surface area contributed by atoms with Crippen LogP contribution >= 0.6 is 24.0 Å². The van der Waals surface area contributed by atoms with Crippen molar-refractivity contribution in [2.45, 2.75) is 38.6 Å². The molecule has 1 saturated heterocycles. The molecule has 0 saturated carbocycles. The molecular formula is C18H27F3IN3O2. The van der Waals surface area contributed by atoms with Crippen LogP contribution in [-0.2, 0) is 22.2 Å². The van der Waals surface area contributed by atoms with Crippen LogP contribution in [0, 0.1) is 0 Å². The number of ether oxygens (including phenoxy) is 2. The summed E-state index contributed by atoms with van der Waals surface area (Å²) < 4.78 is 48.7. The van der Waals surface area contributed by atoms with Crippen LogP contribution in [0.15, 0.2) is 29.3 Å². The van der Waals surface area contributed by atoms with Crippen molar-refractivity contribution in [2.24, 2.45) is 4.99 Å². The average Bonchev–Trinajstić information content (AvgIpc) is 3.12. The maximum absolute atomic E-state index is 12.6. The summed E-state index contributed by atoms with van der Waals surface area (Å²) in [5, 5.41) is 6.32. The van der Waals surface area contributed by atoms with Gasteiger partial charge in [-0.2, -0.15) is 13.2 Å². The summed E-state index contributed by atoms with van der Waals surface area (Å²) in [6, 6.07) is 5.06. The van der Waals surface area contributed by atoms with Gasteiger partial charge in [-0.3, -0.25) is 0 Å². The summed E-state index contributed by atoms with van der Waals surface area (Å²) in [4.78, 5) is 4.40. The number of rotatable bonds is 8. The number of hydrogen-bond acceptors (Lipinski definition) is 3. The zero-order valence-electron chi connectivity index (χ0n) is 15.3. The molecule has 2 N–H and O–H groups in total. The first kappa shape index (κ1) is 24.0. The first-order valence-corrected chi connectivity index (χ1v) is 8.86. The molecule has 1 aromatic carbocycles. The molecule has 1 aliphatic rings. The minimum atomic E-state index is -4.31. The SMILES string of the molecule is CCNC(=NCc1ccc(C(F)(F)F)cc1)NCCCOC1CCOC1.I. The molecule has 0 radical (unpaired) electrons. The molecule has 1 aliphatic heterocycles. The molecule has 27 heavy (non-hydrogen) atoms. The third kappa shape index (κ3) is 9.11. The van der Waals surface area contributed by atoms with E-state index in [4.69, 9.17) is 9.47 Å². The largest absolute Gasteiger partial charge is 0.416 e. The molecule has 1 atom stereocenters. The van der Waals surface area contributed by atoms with Crippen LogP contribution in [0.5, 0.6) is 0 Å². The van der Waals surface area contributed by atoms with E-state index in [-0.39, 0.29) is 30.1 Å². The van der Waals surface area contributed by atoms with Crippen LogP contribution in [0.25, 0.3) is 0 Å². The number of nitrogens with zero attached hydrogens (tertiary/aromatic N) is 1. The van der Waals surface area contributed by atoms with Gasteiger partial charge in [-0.15, -0.1) is 24.0 Å². The van der Waals surface area contributed by atoms with Gasteiger partial charge in [-0.1, -0.05) is 12.1 Å². The lowest BCUT2D eigenvalue weighted by molar-refractivity contribution is -0.137. The van der Waals surface area contributed by atoms with Crippen LogP contribution in [0.4, 0.5) is 13.2 Å². The lowest BCUT2D eigenvalue weighted by atomic mass is 10.1. The predicted octanol–water partition coefficient (Wildman–Crippen LogP) is 3.57. The first-order chi connectivity index (χ1) is 12.5. The number of benzene rings is 1. The second-order valence-electron chi connectivity index (χ2n) is 6.03. The molecule has 1 heterocycles. The van der Waals surface area contributed by atoms with Crippen LogP contribution < -0.4 is 10.6 Å². The number of alkyl halides is 3. The monoisotopic (exact) mass is 501 g/mol. The van der Waals surface area contributed by atoms with E-state index >= 15 is 0 Å². The standard InChI is InChI=1S/C18H26F3N3O2.HI/c1-2-22-17(23-9-3-10-26-16-8-11-25-13-16)24-12-14-4-6-15(7-5-14)18(19,20)21;/h4-7,16H,2-3,8-13H2,1H3,(H2,22,23,24);1H. The Morgan fingerprint density at radius 3 is 2.59 bits per heavy atom. The third-order valence-electron chi connectivity index (χ3n) is 3.90. The molecule has 1 fully saturated rings. The summed E-state index contributed by atoms with van der Waals surface area (Å²) in [6.45, 7) is 5.76. The molecule has 0 aliphatic carbocycles. The van der Waals surface area contributed by atoms with Crippen molar-refractivity contribution in [1.82, 2.24) is 10.6 Å². The molecule has 0 bridgehead atoms. The van der Waals surface area contributed by atoms with E-state index in [9.17, 15) is 13.2 Å². The summed E-state index contributed by atoms with van der Waals surface area (Å²) in [5.41, 5.74) is 0.0719. The summed E-state index contributed by atoms with van der Waals surface area (Å²) in [5.74, 6) is 0.636. The minimum Gasteiger partial charge on any atom is -0.379 e. The van der Waals surface area contributed by atoms with E-state index in [1.807, 2.05) is 6.92 Å². The summed E-state index contributed by atoms with van der Waals surface area (Å²) in [7, 11) is 0. The smallest absolute Gasteiger partial charge is 0.379 e. The van der Waals surface area contributed by atoms with Gasteiger partial charge < -0.3 is 20.1 Å². The molecule has 2 rings (SSSR count). The number of hydrogen-bond donors (Lipinski definition) is 2. The highest BCUT2D eigenvalue weighted by Gasteiger charge is 2.29. The quantitative estimate of drug-likeness (QED) is 0.248. The molecule has 1 aromatic rings. The number of nitrogens with one attached hydrogen (secondary N) is 2. The number of guanidine groups is 1. The number of aliphatic imine (C=N–C) groups is 1. The molecule has 0 aromatic heterocycles. The van der Waals surface area contributed by atoms with Gasteiger partial charge >= 0.3 is 6.18 Å². The van der Waals surface area contributed by atoms with Crippen molar-refractivity contribution in [3.63, 3.8) is 0 Å². The van der Waals surface area contributed by atoms with Gasteiger partial charge in [0.25, 0.3) is 0 Å². The molecule has 5 nitrogen and oxygen atoms in total. The molecule has 154 valence electrons. The van der Waals surface area contributed by atoms with Crippen molar-refractivity contribution < 1.29 is 22.6 Å². The van der Waals surface area contributed by atoms with Gasteiger partial charge in [0.2, 0.25) is 0 Å². The summed E-state index contributed by atoms with van der Waals surface area (Å²) in [6.07, 6.45) is -2.33. The Morgan fingerprint density at radius 2 is 2.00 bits per heavy atom. The van der Waals surface area contributed by atoms with Crippen LogP contribution in [-0.4, -0.2) is 45.0 Å². The molecule has 1 unspecified atom stereocenters. The zero-order valence-corrected chi connectivity index (χ0v) is 17.7. The Hall–Kier alpha value is -1.07. The first-order valence-electron chi connectivity index (χ1n) is 8.86. The normalized spacial score (nSPS) is 17.5. The lowest BCUT2D eigenvalue weighted by Gasteiger charge is -2.13. The van der Waals surface area contributed by atoms with Crippen molar-refractivity contribution >= 4 is 29.9 Å². The van der Waals surface area contributed by atoms with Crippen molar-refractivity contribution in [2.75, 3.05) is 32.9 Å². The highest BCUT2D eigenvalue weighted by molar-refractivity contribution is 14.0. The minimum absolute atomic E-state index is 0. The molecular weight excluding hydrogens is 474 g/mol. The van der Waals surface area contributed by atoms with E-state index in [0.717, 1.165) is 37.1 Å². The van der Waals surface area contributed by atoms with Gasteiger partial charge in [0.1, 0.15) is 0 Å². The maximum atomic E-state index is 12.6. The average molecular weight is 501 g/mol. The Kier molecular flexibility index (Phi) is 11.0. The second kappa shape index (κ2) is 12.4. The second-order valence-corrected chi connectivity index (χ2v) is 6.03. The third-order valence-corrected chi connectivity index (χ3v) is 3.90. The maximum Gasteiger partial charge on any atom is 0.416 e. The Bertz CT molecular complexity index is 562. The van der Waals surface area contributed by atoms with Gasteiger partial charge in [0.15, 0.2) is 5.96 Å². The fourth-order valence-electron chi connectivity index (χ4n) is 2.48. The highest BCUT2D eigenvalue weighted by Crippen LogP contribution is 2.29. The van der Waals surface area contributed by atoms with Crippen LogP contribution in [0.2, 0.25) is 0 Å². The Morgan fingerprint density at radius 1 is 1.26 bits per heavy atom. The fraction of sp³-hybridized carbons (Fsp3) is 0.611. The Balaban J connectivity index is 0.00000364. The summed E-state index contributed by atoms with van der Waals surface area (Å²) >= 11 is 0. The fourth-order valence-corrected chi connectivity index (χ4v) is 2.48. The van der Waals surface area contributed by atoms with Crippen LogP contribution in [0.1, 0.15) is 30.9 Å². The lowest BCUT2D eigenvalue weighted by Crippen LogP contribution is -2.38. The van der Waals surface area contributed by atoms with Crippen LogP contribution in [0.3, 0.4) is 0 Å². The zero-order chi connectivity index (χ0) is 18.8. The van der Waals surface area contributed by atoms with Crippen molar-refractivity contribution in [1.29, 1.82) is 0 Å². The Labute approximate surface area is 175 Å². The molecule has 9 heteroatoms. The van der Waals surface area contributed by atoms with E-state index in [0.29, 0.717) is 38.8 Å². The van der Waals surface area contributed by atoms with E-state index in [2.05, 4.69) is 15.6 Å². The van der Waals surface area contributed by atoms with Gasteiger partial charge in [-0.05, 0) is 37.5 Å². The number of halogens is 4. The van der Waals surface area contributed by atoms with E-state index in [1.165, 1.54) is 12.1 Å².